The number of benzene rings is 1. The molecule has 3 rings (SSSR count). The first-order chi connectivity index (χ1) is 12.0. The summed E-state index contributed by atoms with van der Waals surface area (Å²) in [6.07, 6.45) is 2.31. The van der Waals surface area contributed by atoms with E-state index in [2.05, 4.69) is 21.4 Å². The van der Waals surface area contributed by atoms with Crippen LogP contribution in [0.5, 0.6) is 0 Å². The number of hydrogen-bond donors (Lipinski definition) is 3. The van der Waals surface area contributed by atoms with Gasteiger partial charge in [0.1, 0.15) is 0 Å². The van der Waals surface area contributed by atoms with Crippen molar-refractivity contribution in [1.82, 2.24) is 10.4 Å². The van der Waals surface area contributed by atoms with Crippen molar-refractivity contribution in [3.05, 3.63) is 53.3 Å². The Balaban J connectivity index is 1.98. The van der Waals surface area contributed by atoms with Gasteiger partial charge in [-0.1, -0.05) is 18.2 Å². The fourth-order valence-corrected chi connectivity index (χ4v) is 3.07. The van der Waals surface area contributed by atoms with Crippen molar-refractivity contribution >= 4 is 17.4 Å². The molecule has 2 amide bonds. The molecule has 0 aliphatic heterocycles. The summed E-state index contributed by atoms with van der Waals surface area (Å²) >= 11 is 0. The normalized spacial score (nSPS) is 13.4. The molecule has 1 heterocycles. The summed E-state index contributed by atoms with van der Waals surface area (Å²) in [4.78, 5) is 18.6. The Hall–Kier alpha value is -2.64. The minimum Gasteiger partial charge on any atom is -0.367 e. The van der Waals surface area contributed by atoms with Gasteiger partial charge in [0.15, 0.2) is 0 Å². The van der Waals surface area contributed by atoms with Crippen molar-refractivity contribution in [2.45, 2.75) is 32.2 Å². The van der Waals surface area contributed by atoms with Crippen molar-refractivity contribution < 1.29 is 4.79 Å². The lowest BCUT2D eigenvalue weighted by Crippen LogP contribution is -2.48. The van der Waals surface area contributed by atoms with Crippen LogP contribution in [0, 0.1) is 6.92 Å². The maximum absolute atomic E-state index is 11.9. The second-order valence-corrected chi connectivity index (χ2v) is 6.44. The third-order valence-corrected chi connectivity index (χ3v) is 4.39. The van der Waals surface area contributed by atoms with Crippen molar-refractivity contribution in [3.8, 4) is 0 Å². The monoisotopic (exact) mass is 340 g/mol. The van der Waals surface area contributed by atoms with Crippen molar-refractivity contribution in [1.29, 1.82) is 0 Å². The molecule has 1 saturated carbocycles. The van der Waals surface area contributed by atoms with Crippen LogP contribution in [0.1, 0.15) is 35.7 Å². The highest BCUT2D eigenvalue weighted by atomic mass is 16.2. The Kier molecular flexibility index (Phi) is 4.87. The molecule has 7 heteroatoms. The second kappa shape index (κ2) is 7.08. The SMILES string of the molecule is Cc1cccc(CN(C)c2c(C3CC3)cccc2N(N)C(=O)NN)n1. The van der Waals surface area contributed by atoms with Crippen molar-refractivity contribution in [2.24, 2.45) is 11.7 Å². The zero-order valence-corrected chi connectivity index (χ0v) is 14.6. The number of aryl methyl sites for hydroxylation is 1. The number of hydrazine groups is 2. The first-order valence-corrected chi connectivity index (χ1v) is 8.33. The fourth-order valence-electron chi connectivity index (χ4n) is 3.07. The van der Waals surface area contributed by atoms with Gasteiger partial charge in [-0.25, -0.2) is 21.5 Å². The number of pyridine rings is 1. The van der Waals surface area contributed by atoms with Crippen LogP contribution in [0.15, 0.2) is 36.4 Å². The van der Waals surface area contributed by atoms with E-state index in [1.807, 2.05) is 44.3 Å². The van der Waals surface area contributed by atoms with E-state index >= 15 is 0 Å². The summed E-state index contributed by atoms with van der Waals surface area (Å²) in [5, 5.41) is 1.06. The van der Waals surface area contributed by atoms with Crippen LogP contribution in [0.25, 0.3) is 0 Å². The van der Waals surface area contributed by atoms with Gasteiger partial charge in [0.25, 0.3) is 0 Å². The van der Waals surface area contributed by atoms with E-state index in [1.165, 1.54) is 5.56 Å². The molecule has 0 saturated heterocycles. The van der Waals surface area contributed by atoms with E-state index in [1.54, 1.807) is 0 Å². The van der Waals surface area contributed by atoms with Gasteiger partial charge in [-0.05, 0) is 49.4 Å². The van der Waals surface area contributed by atoms with Crippen LogP contribution in [0.3, 0.4) is 0 Å². The Labute approximate surface area is 147 Å². The number of urea groups is 1. The largest absolute Gasteiger partial charge is 0.367 e. The number of aromatic nitrogens is 1. The van der Waals surface area contributed by atoms with E-state index in [9.17, 15) is 4.79 Å². The fraction of sp³-hybridized carbons (Fsp3) is 0.333. The molecule has 132 valence electrons. The highest BCUT2D eigenvalue weighted by molar-refractivity contribution is 5.95. The summed E-state index contributed by atoms with van der Waals surface area (Å²) in [5.41, 5.74) is 6.80. The van der Waals surface area contributed by atoms with Gasteiger partial charge in [0.2, 0.25) is 0 Å². The number of hydrogen-bond acceptors (Lipinski definition) is 5. The van der Waals surface area contributed by atoms with Crippen LogP contribution in [0.4, 0.5) is 16.2 Å². The molecule has 0 unspecified atom stereocenters. The molecule has 1 aliphatic carbocycles. The number of rotatable bonds is 5. The van der Waals surface area contributed by atoms with Crippen LogP contribution >= 0.6 is 0 Å². The van der Waals surface area contributed by atoms with Crippen LogP contribution in [0.2, 0.25) is 0 Å². The molecule has 7 nitrogen and oxygen atoms in total. The summed E-state index contributed by atoms with van der Waals surface area (Å²) in [6, 6.07) is 11.3. The average Bonchev–Trinajstić information content (AvgIpc) is 3.44. The van der Waals surface area contributed by atoms with Crippen LogP contribution in [-0.4, -0.2) is 18.1 Å². The smallest absolute Gasteiger partial charge is 0.350 e. The number of nitrogens with two attached hydrogens (primary N) is 2. The average molecular weight is 340 g/mol. The minimum absolute atomic E-state index is 0.511. The van der Waals surface area contributed by atoms with E-state index < -0.39 is 6.03 Å². The molecular formula is C18H24N6O. The Morgan fingerprint density at radius 2 is 2.00 bits per heavy atom. The van der Waals surface area contributed by atoms with Gasteiger partial charge < -0.3 is 4.90 Å². The summed E-state index contributed by atoms with van der Waals surface area (Å²) in [5.74, 6) is 11.7. The summed E-state index contributed by atoms with van der Waals surface area (Å²) < 4.78 is 0. The zero-order valence-electron chi connectivity index (χ0n) is 14.6. The van der Waals surface area contributed by atoms with Gasteiger partial charge in [-0.15, -0.1) is 0 Å². The number of para-hydroxylation sites is 1. The number of nitrogens with zero attached hydrogens (tertiary/aromatic N) is 3. The van der Waals surface area contributed by atoms with Gasteiger partial charge in [-0.3, -0.25) is 10.4 Å². The lowest BCUT2D eigenvalue weighted by molar-refractivity contribution is 0.246. The summed E-state index contributed by atoms with van der Waals surface area (Å²) in [7, 11) is 1.99. The zero-order chi connectivity index (χ0) is 18.0. The lowest BCUT2D eigenvalue weighted by Gasteiger charge is -2.28. The maximum Gasteiger partial charge on any atom is 0.350 e. The standard InChI is InChI=1S/C18H24N6O/c1-12-5-3-6-14(21-12)11-23(2)17-15(13-9-10-13)7-4-8-16(17)24(20)18(25)22-19/h3-8,13H,9-11,19-20H2,1-2H3,(H,22,25). The molecule has 5 N–H and O–H groups in total. The van der Waals surface area contributed by atoms with Gasteiger partial charge >= 0.3 is 6.03 Å². The van der Waals surface area contributed by atoms with Crippen molar-refractivity contribution in [3.63, 3.8) is 0 Å². The molecule has 2 aromatic rings. The molecule has 0 bridgehead atoms. The Morgan fingerprint density at radius 3 is 2.64 bits per heavy atom. The first-order valence-electron chi connectivity index (χ1n) is 8.33. The minimum atomic E-state index is -0.559. The highest BCUT2D eigenvalue weighted by Gasteiger charge is 2.30. The second-order valence-electron chi connectivity index (χ2n) is 6.44. The molecule has 0 radical (unpaired) electrons. The van der Waals surface area contributed by atoms with E-state index in [0.29, 0.717) is 18.2 Å². The van der Waals surface area contributed by atoms with E-state index in [-0.39, 0.29) is 0 Å². The molecule has 1 aromatic carbocycles. The van der Waals surface area contributed by atoms with Gasteiger partial charge in [-0.2, -0.15) is 0 Å². The summed E-state index contributed by atoms with van der Waals surface area (Å²) in [6.45, 7) is 2.59. The first kappa shape index (κ1) is 17.2. The molecule has 25 heavy (non-hydrogen) atoms. The third-order valence-electron chi connectivity index (χ3n) is 4.39. The Bertz CT molecular complexity index is 774. The topological polar surface area (TPSA) is 101 Å². The highest BCUT2D eigenvalue weighted by Crippen LogP contribution is 2.47. The third kappa shape index (κ3) is 3.72. The molecule has 0 atom stereocenters. The quantitative estimate of drug-likeness (QED) is 0.440. The lowest BCUT2D eigenvalue weighted by atomic mass is 10.0. The van der Waals surface area contributed by atoms with Gasteiger partial charge in [0.05, 0.1) is 23.6 Å². The van der Waals surface area contributed by atoms with Crippen molar-refractivity contribution in [2.75, 3.05) is 17.0 Å². The number of carbonyl (C=O) groups is 1. The van der Waals surface area contributed by atoms with E-state index in [0.717, 1.165) is 34.9 Å². The molecule has 1 fully saturated rings. The predicted molar refractivity (Wildman–Crippen MR) is 98.9 cm³/mol. The van der Waals surface area contributed by atoms with Crippen LogP contribution in [-0.2, 0) is 6.54 Å². The molecule has 1 aromatic heterocycles. The number of carbonyl (C=O) groups excluding carboxylic acids is 1. The number of amides is 2. The Morgan fingerprint density at radius 1 is 1.28 bits per heavy atom. The number of anilines is 2. The molecule has 1 aliphatic rings. The maximum atomic E-state index is 11.9. The van der Waals surface area contributed by atoms with E-state index in [4.69, 9.17) is 11.7 Å². The number of nitrogens with one attached hydrogen (secondary N) is 1. The van der Waals surface area contributed by atoms with Gasteiger partial charge in [0, 0.05) is 12.7 Å². The molecular weight excluding hydrogens is 316 g/mol. The van der Waals surface area contributed by atoms with Crippen LogP contribution < -0.4 is 27.0 Å². The predicted octanol–water partition coefficient (Wildman–Crippen LogP) is 2.17. The molecule has 0 spiro atoms.